The van der Waals surface area contributed by atoms with Crippen molar-refractivity contribution in [3.05, 3.63) is 95.8 Å². The number of rotatable bonds is 5. The molecule has 2 heterocycles. The van der Waals surface area contributed by atoms with Gasteiger partial charge in [-0.15, -0.1) is 11.3 Å². The summed E-state index contributed by atoms with van der Waals surface area (Å²) in [5.41, 5.74) is 4.46. The third-order valence-corrected chi connectivity index (χ3v) is 6.13. The van der Waals surface area contributed by atoms with Gasteiger partial charge >= 0.3 is 5.88 Å². The third kappa shape index (κ3) is 4.67. The maximum absolute atomic E-state index is 10.9. The summed E-state index contributed by atoms with van der Waals surface area (Å²) in [5.74, 6) is -0.111. The highest BCUT2D eigenvalue weighted by Gasteiger charge is 2.13. The molecule has 0 aliphatic carbocycles. The van der Waals surface area contributed by atoms with Crippen LogP contribution in [0.1, 0.15) is 16.9 Å². The Morgan fingerprint density at radius 3 is 2.62 bits per heavy atom. The van der Waals surface area contributed by atoms with E-state index in [-0.39, 0.29) is 11.6 Å². The predicted molar refractivity (Wildman–Crippen MR) is 127 cm³/mol. The molecular weight excluding hydrogens is 471 g/mol. The first-order valence-electron chi connectivity index (χ1n) is 9.38. The quantitative estimate of drug-likeness (QED) is 0.177. The molecule has 0 saturated carbocycles. The maximum Gasteiger partial charge on any atom is 0.433 e. The smallest absolute Gasteiger partial charge is 0.400 e. The summed E-state index contributed by atoms with van der Waals surface area (Å²) in [6.45, 7) is 3.99. The van der Waals surface area contributed by atoms with Gasteiger partial charge in [-0.05, 0) is 49.2 Å². The van der Waals surface area contributed by atoms with Crippen molar-refractivity contribution in [3.8, 4) is 11.3 Å². The predicted octanol–water partition coefficient (Wildman–Crippen LogP) is 6.76. The monoisotopic (exact) mass is 486 g/mol. The summed E-state index contributed by atoms with van der Waals surface area (Å²) in [7, 11) is 0. The van der Waals surface area contributed by atoms with Crippen LogP contribution in [-0.2, 0) is 0 Å². The van der Waals surface area contributed by atoms with E-state index in [1.165, 1.54) is 29.7 Å². The second kappa shape index (κ2) is 9.12. The summed E-state index contributed by atoms with van der Waals surface area (Å²) >= 11 is 13.7. The lowest BCUT2D eigenvalue weighted by Crippen LogP contribution is -2.11. The van der Waals surface area contributed by atoms with Crippen molar-refractivity contribution >= 4 is 52.3 Å². The molecule has 4 aromatic rings. The molecule has 0 fully saturated rings. The summed E-state index contributed by atoms with van der Waals surface area (Å²) in [4.78, 5) is 15.7. The number of nitrogens with zero attached hydrogens (tertiary/aromatic N) is 4. The van der Waals surface area contributed by atoms with E-state index in [4.69, 9.17) is 32.6 Å². The standard InChI is InChI=1S/C22H16Cl2N4O3S/c1-13-3-4-14(2)19(9-13)26-22-27(25-11-16-6-8-21(31-16)28(29)30)20(12-32-22)15-5-7-17(23)18(24)10-15/h3-12H,1-2H3. The Morgan fingerprint density at radius 1 is 1.09 bits per heavy atom. The molecular formula is C22H16Cl2N4O3S. The molecule has 10 heteroatoms. The molecule has 0 atom stereocenters. The Bertz CT molecular complexity index is 1420. The van der Waals surface area contributed by atoms with Crippen LogP contribution in [0.3, 0.4) is 0 Å². The van der Waals surface area contributed by atoms with E-state index in [2.05, 4.69) is 5.10 Å². The number of benzene rings is 2. The molecule has 0 radical (unpaired) electrons. The molecule has 32 heavy (non-hydrogen) atoms. The fraction of sp³-hybridized carbons (Fsp3) is 0.0909. The number of furan rings is 1. The van der Waals surface area contributed by atoms with Crippen LogP contribution < -0.4 is 4.80 Å². The van der Waals surface area contributed by atoms with Gasteiger partial charge in [0.1, 0.15) is 4.92 Å². The highest BCUT2D eigenvalue weighted by atomic mass is 35.5. The second-order valence-corrected chi connectivity index (χ2v) is 8.57. The highest BCUT2D eigenvalue weighted by Crippen LogP contribution is 2.29. The van der Waals surface area contributed by atoms with Gasteiger partial charge in [0.15, 0.2) is 5.76 Å². The van der Waals surface area contributed by atoms with Crippen LogP contribution in [0.4, 0.5) is 11.6 Å². The zero-order chi connectivity index (χ0) is 22.8. The summed E-state index contributed by atoms with van der Waals surface area (Å²) in [6.07, 6.45) is 1.41. The van der Waals surface area contributed by atoms with Gasteiger partial charge in [-0.25, -0.2) is 9.67 Å². The van der Waals surface area contributed by atoms with Gasteiger partial charge in [0.05, 0.1) is 33.7 Å². The van der Waals surface area contributed by atoms with Crippen molar-refractivity contribution in [2.45, 2.75) is 13.8 Å². The van der Waals surface area contributed by atoms with Crippen LogP contribution in [0.15, 0.2) is 68.4 Å². The molecule has 0 unspecified atom stereocenters. The van der Waals surface area contributed by atoms with Crippen molar-refractivity contribution in [2.75, 3.05) is 0 Å². The first kappa shape index (κ1) is 22.0. The molecule has 2 aromatic heterocycles. The number of hydrogen-bond acceptors (Lipinski definition) is 6. The van der Waals surface area contributed by atoms with Crippen LogP contribution in [-0.4, -0.2) is 15.8 Å². The Labute approximate surface area is 197 Å². The van der Waals surface area contributed by atoms with Crippen LogP contribution in [0.25, 0.3) is 11.3 Å². The van der Waals surface area contributed by atoms with E-state index >= 15 is 0 Å². The van der Waals surface area contributed by atoms with Crippen LogP contribution in [0.5, 0.6) is 0 Å². The van der Waals surface area contributed by atoms with Crippen molar-refractivity contribution in [1.29, 1.82) is 0 Å². The van der Waals surface area contributed by atoms with Gasteiger partial charge in [0, 0.05) is 10.9 Å². The van der Waals surface area contributed by atoms with E-state index in [1.54, 1.807) is 16.8 Å². The van der Waals surface area contributed by atoms with Gasteiger partial charge in [-0.3, -0.25) is 10.1 Å². The minimum atomic E-state index is -0.600. The average molecular weight is 487 g/mol. The fourth-order valence-electron chi connectivity index (χ4n) is 2.91. The first-order valence-corrected chi connectivity index (χ1v) is 11.0. The zero-order valence-corrected chi connectivity index (χ0v) is 19.3. The van der Waals surface area contributed by atoms with Crippen molar-refractivity contribution in [3.63, 3.8) is 0 Å². The largest absolute Gasteiger partial charge is 0.433 e. The number of aromatic nitrogens is 1. The summed E-state index contributed by atoms with van der Waals surface area (Å²) in [6, 6.07) is 14.1. The van der Waals surface area contributed by atoms with Crippen LogP contribution in [0.2, 0.25) is 10.0 Å². The van der Waals surface area contributed by atoms with E-state index < -0.39 is 4.92 Å². The maximum atomic E-state index is 10.9. The molecule has 0 bridgehead atoms. The van der Waals surface area contributed by atoms with Gasteiger partial charge in [0.2, 0.25) is 4.80 Å². The van der Waals surface area contributed by atoms with Crippen molar-refractivity contribution < 1.29 is 9.34 Å². The van der Waals surface area contributed by atoms with E-state index in [9.17, 15) is 10.1 Å². The number of hydrogen-bond donors (Lipinski definition) is 0. The van der Waals surface area contributed by atoms with Gasteiger partial charge < -0.3 is 4.42 Å². The average Bonchev–Trinajstić information content (AvgIpc) is 3.38. The number of thiazole rings is 1. The molecule has 0 spiro atoms. The lowest BCUT2D eigenvalue weighted by Gasteiger charge is -2.05. The van der Waals surface area contributed by atoms with E-state index in [1.807, 2.05) is 43.5 Å². The first-order chi connectivity index (χ1) is 15.3. The van der Waals surface area contributed by atoms with Crippen molar-refractivity contribution in [2.24, 2.45) is 10.1 Å². The normalized spacial score (nSPS) is 12.1. The third-order valence-electron chi connectivity index (χ3n) is 4.57. The molecule has 0 N–H and O–H groups in total. The molecule has 0 amide bonds. The lowest BCUT2D eigenvalue weighted by molar-refractivity contribution is -0.402. The molecule has 0 aliphatic rings. The fourth-order valence-corrected chi connectivity index (χ4v) is 4.06. The minimum absolute atomic E-state index is 0.244. The lowest BCUT2D eigenvalue weighted by atomic mass is 10.1. The van der Waals surface area contributed by atoms with Gasteiger partial charge in [-0.2, -0.15) is 5.10 Å². The summed E-state index contributed by atoms with van der Waals surface area (Å²) in [5, 5.41) is 18.2. The van der Waals surface area contributed by atoms with Gasteiger partial charge in [-0.1, -0.05) is 41.4 Å². The van der Waals surface area contributed by atoms with Gasteiger partial charge in [0.25, 0.3) is 0 Å². The Kier molecular flexibility index (Phi) is 6.27. The van der Waals surface area contributed by atoms with Crippen LogP contribution in [0, 0.1) is 24.0 Å². The SMILES string of the molecule is Cc1ccc(C)c(N=c2scc(-c3ccc(Cl)c(Cl)c3)n2N=Cc2ccc([N+](=O)[O-])o2)c1. The zero-order valence-electron chi connectivity index (χ0n) is 17.0. The molecule has 7 nitrogen and oxygen atoms in total. The number of halogens is 2. The number of aryl methyl sites for hydroxylation is 2. The summed E-state index contributed by atoms with van der Waals surface area (Å²) < 4.78 is 6.83. The van der Waals surface area contributed by atoms with Crippen LogP contribution >= 0.6 is 34.5 Å². The van der Waals surface area contributed by atoms with E-state index in [0.29, 0.717) is 14.8 Å². The van der Waals surface area contributed by atoms with Crippen molar-refractivity contribution in [1.82, 2.24) is 4.68 Å². The molecule has 4 rings (SSSR count). The Morgan fingerprint density at radius 2 is 1.91 bits per heavy atom. The Balaban J connectivity index is 1.86. The highest BCUT2D eigenvalue weighted by molar-refractivity contribution is 7.07. The topological polar surface area (TPSA) is 85.9 Å². The number of nitro groups is 1. The molecule has 162 valence electrons. The molecule has 0 saturated heterocycles. The molecule has 2 aromatic carbocycles. The van der Waals surface area contributed by atoms with E-state index in [0.717, 1.165) is 28.1 Å². The minimum Gasteiger partial charge on any atom is -0.400 e. The Hall–Kier alpha value is -3.20. The second-order valence-electron chi connectivity index (χ2n) is 6.92. The molecule has 0 aliphatic heterocycles.